The van der Waals surface area contributed by atoms with Gasteiger partial charge < -0.3 is 20.3 Å². The largest absolute Gasteiger partial charge is 0.385 e. The molecule has 0 unspecified atom stereocenters. The van der Waals surface area contributed by atoms with Gasteiger partial charge in [0.2, 0.25) is 0 Å². The third kappa shape index (κ3) is 4.87. The summed E-state index contributed by atoms with van der Waals surface area (Å²) in [4.78, 5) is 27.6. The summed E-state index contributed by atoms with van der Waals surface area (Å²) in [6, 6.07) is 12.5. The number of hydrogen-bond acceptors (Lipinski definition) is 5. The number of ether oxygens (including phenoxy) is 1. The van der Waals surface area contributed by atoms with Crippen LogP contribution in [-0.2, 0) is 20.7 Å². The predicted octanol–water partition coefficient (Wildman–Crippen LogP) is 2.12. The van der Waals surface area contributed by atoms with Gasteiger partial charge in [-0.15, -0.1) is 11.3 Å². The molecule has 27 heavy (non-hydrogen) atoms. The molecule has 1 aliphatic heterocycles. The van der Waals surface area contributed by atoms with Crippen LogP contribution in [0.5, 0.6) is 0 Å². The Kier molecular flexibility index (Phi) is 6.84. The molecule has 1 aromatic heterocycles. The molecule has 7 heteroatoms. The first-order chi connectivity index (χ1) is 13.2. The van der Waals surface area contributed by atoms with E-state index < -0.39 is 11.8 Å². The van der Waals surface area contributed by atoms with Crippen molar-refractivity contribution in [3.05, 3.63) is 52.2 Å². The fourth-order valence-corrected chi connectivity index (χ4v) is 4.14. The molecule has 0 aliphatic carbocycles. The summed E-state index contributed by atoms with van der Waals surface area (Å²) in [5, 5.41) is 7.46. The molecule has 0 saturated carbocycles. The van der Waals surface area contributed by atoms with Gasteiger partial charge in [0.25, 0.3) is 0 Å². The van der Waals surface area contributed by atoms with Crippen LogP contribution in [0.3, 0.4) is 0 Å². The molecule has 0 radical (unpaired) electrons. The smallest absolute Gasteiger partial charge is 0.309 e. The number of para-hydroxylation sites is 1. The van der Waals surface area contributed by atoms with Crippen molar-refractivity contribution in [1.29, 1.82) is 0 Å². The normalized spacial score (nSPS) is 13.9. The minimum absolute atomic E-state index is 0.0129. The number of nitrogens with zero attached hydrogens (tertiary/aromatic N) is 1. The maximum atomic E-state index is 12.2. The zero-order valence-electron chi connectivity index (χ0n) is 15.4. The van der Waals surface area contributed by atoms with E-state index in [2.05, 4.69) is 39.8 Å². The van der Waals surface area contributed by atoms with Gasteiger partial charge in [0.1, 0.15) is 0 Å². The Morgan fingerprint density at radius 3 is 2.78 bits per heavy atom. The third-order valence-corrected chi connectivity index (χ3v) is 5.62. The van der Waals surface area contributed by atoms with Crippen molar-refractivity contribution in [3.8, 4) is 0 Å². The van der Waals surface area contributed by atoms with Gasteiger partial charge in [-0.2, -0.15) is 0 Å². The maximum Gasteiger partial charge on any atom is 0.309 e. The van der Waals surface area contributed by atoms with E-state index in [-0.39, 0.29) is 6.04 Å². The fraction of sp³-hybridized carbons (Fsp3) is 0.400. The van der Waals surface area contributed by atoms with Crippen LogP contribution in [0, 0.1) is 0 Å². The lowest BCUT2D eigenvalue weighted by atomic mass is 10.1. The number of anilines is 1. The topological polar surface area (TPSA) is 70.7 Å². The standard InChI is InChI=1S/C20H25N3O3S/c1-26-12-5-10-21-19(24)20(25)22-14-17(18-8-4-13-27-18)23-11-9-15-6-2-3-7-16(15)23/h2-4,6-8,13,17H,5,9-12,14H2,1H3,(H,21,24)(H,22,25)/t17-/m1/s1. The van der Waals surface area contributed by atoms with E-state index in [4.69, 9.17) is 4.74 Å². The van der Waals surface area contributed by atoms with Crippen molar-refractivity contribution >= 4 is 28.8 Å². The molecule has 1 aliphatic rings. The summed E-state index contributed by atoms with van der Waals surface area (Å²) in [6.07, 6.45) is 1.67. The van der Waals surface area contributed by atoms with Crippen molar-refractivity contribution in [2.75, 3.05) is 38.3 Å². The first-order valence-electron chi connectivity index (χ1n) is 9.13. The molecular weight excluding hydrogens is 362 g/mol. The van der Waals surface area contributed by atoms with Crippen LogP contribution in [0.25, 0.3) is 0 Å². The first kappa shape index (κ1) is 19.4. The number of methoxy groups -OCH3 is 1. The number of fused-ring (bicyclic) bond motifs is 1. The summed E-state index contributed by atoms with van der Waals surface area (Å²) >= 11 is 1.66. The molecule has 3 rings (SSSR count). The number of rotatable bonds is 8. The van der Waals surface area contributed by atoms with E-state index in [1.165, 1.54) is 16.1 Å². The second-order valence-corrected chi connectivity index (χ2v) is 7.39. The highest BCUT2D eigenvalue weighted by molar-refractivity contribution is 7.10. The Morgan fingerprint density at radius 1 is 1.19 bits per heavy atom. The highest BCUT2D eigenvalue weighted by Gasteiger charge is 2.28. The van der Waals surface area contributed by atoms with Gasteiger partial charge >= 0.3 is 11.8 Å². The van der Waals surface area contributed by atoms with Crippen molar-refractivity contribution in [1.82, 2.24) is 10.6 Å². The van der Waals surface area contributed by atoms with E-state index in [1.807, 2.05) is 17.5 Å². The summed E-state index contributed by atoms with van der Waals surface area (Å²) in [7, 11) is 1.61. The average molecular weight is 388 g/mol. The Hall–Kier alpha value is -2.38. The molecule has 0 spiro atoms. The fourth-order valence-electron chi connectivity index (χ4n) is 3.30. The van der Waals surface area contributed by atoms with Crippen LogP contribution in [-0.4, -0.2) is 45.2 Å². The van der Waals surface area contributed by atoms with Gasteiger partial charge in [0, 0.05) is 43.9 Å². The Labute approximate surface area is 163 Å². The summed E-state index contributed by atoms with van der Waals surface area (Å²) in [5.41, 5.74) is 2.52. The van der Waals surface area contributed by atoms with Gasteiger partial charge in [-0.25, -0.2) is 0 Å². The lowest BCUT2D eigenvalue weighted by Crippen LogP contribution is -2.44. The first-order valence-corrected chi connectivity index (χ1v) is 10.0. The summed E-state index contributed by atoms with van der Waals surface area (Å²) in [5.74, 6) is -1.20. The monoisotopic (exact) mass is 387 g/mol. The van der Waals surface area contributed by atoms with Gasteiger partial charge in [-0.3, -0.25) is 9.59 Å². The number of benzene rings is 1. The van der Waals surface area contributed by atoms with Crippen LogP contribution >= 0.6 is 11.3 Å². The second-order valence-electron chi connectivity index (χ2n) is 6.42. The number of hydrogen-bond donors (Lipinski definition) is 2. The summed E-state index contributed by atoms with van der Waals surface area (Å²) in [6.45, 7) is 2.27. The zero-order chi connectivity index (χ0) is 19.1. The molecule has 2 heterocycles. The minimum atomic E-state index is -0.599. The quantitative estimate of drug-likeness (QED) is 0.538. The van der Waals surface area contributed by atoms with E-state index in [9.17, 15) is 9.59 Å². The predicted molar refractivity (Wildman–Crippen MR) is 107 cm³/mol. The number of carbonyl (C=O) groups is 2. The number of carbonyl (C=O) groups excluding carboxylic acids is 2. The number of thiophene rings is 1. The molecule has 2 amide bonds. The molecule has 144 valence electrons. The maximum absolute atomic E-state index is 12.2. The van der Waals surface area contributed by atoms with E-state index in [0.717, 1.165) is 13.0 Å². The van der Waals surface area contributed by atoms with Crippen molar-refractivity contribution in [2.24, 2.45) is 0 Å². The van der Waals surface area contributed by atoms with Gasteiger partial charge in [-0.05, 0) is 35.9 Å². The number of amides is 2. The Morgan fingerprint density at radius 2 is 2.00 bits per heavy atom. The molecule has 1 atom stereocenters. The van der Waals surface area contributed by atoms with Crippen molar-refractivity contribution < 1.29 is 14.3 Å². The van der Waals surface area contributed by atoms with Crippen LogP contribution in [0.4, 0.5) is 5.69 Å². The lowest BCUT2D eigenvalue weighted by Gasteiger charge is -2.30. The molecule has 2 aromatic rings. The molecular formula is C20H25N3O3S. The third-order valence-electron chi connectivity index (χ3n) is 4.64. The number of nitrogens with one attached hydrogen (secondary N) is 2. The lowest BCUT2D eigenvalue weighted by molar-refractivity contribution is -0.139. The molecule has 1 aromatic carbocycles. The SMILES string of the molecule is COCCCNC(=O)C(=O)NC[C@H](c1cccs1)N1CCc2ccccc21. The van der Waals surface area contributed by atoms with Crippen molar-refractivity contribution in [3.63, 3.8) is 0 Å². The summed E-state index contributed by atoms with van der Waals surface area (Å²) < 4.78 is 4.93. The molecule has 0 bridgehead atoms. The molecule has 0 saturated heterocycles. The molecule has 0 fully saturated rings. The molecule has 2 N–H and O–H groups in total. The highest BCUT2D eigenvalue weighted by Crippen LogP contribution is 2.36. The molecule has 6 nitrogen and oxygen atoms in total. The van der Waals surface area contributed by atoms with Crippen molar-refractivity contribution in [2.45, 2.75) is 18.9 Å². The highest BCUT2D eigenvalue weighted by atomic mass is 32.1. The second kappa shape index (κ2) is 9.53. The van der Waals surface area contributed by atoms with E-state index in [0.29, 0.717) is 26.1 Å². The van der Waals surface area contributed by atoms with E-state index >= 15 is 0 Å². The van der Waals surface area contributed by atoms with Gasteiger partial charge in [0.05, 0.1) is 6.04 Å². The van der Waals surface area contributed by atoms with Crippen LogP contribution in [0.2, 0.25) is 0 Å². The van der Waals surface area contributed by atoms with Crippen LogP contribution in [0.1, 0.15) is 22.9 Å². The van der Waals surface area contributed by atoms with E-state index in [1.54, 1.807) is 18.4 Å². The minimum Gasteiger partial charge on any atom is -0.385 e. The van der Waals surface area contributed by atoms with Crippen LogP contribution < -0.4 is 15.5 Å². The van der Waals surface area contributed by atoms with Crippen LogP contribution in [0.15, 0.2) is 41.8 Å². The average Bonchev–Trinajstić information content (AvgIpc) is 3.36. The Bertz CT molecular complexity index is 764. The van der Waals surface area contributed by atoms with Gasteiger partial charge in [-0.1, -0.05) is 24.3 Å². The zero-order valence-corrected chi connectivity index (χ0v) is 16.3. The Balaban J connectivity index is 1.62. The van der Waals surface area contributed by atoms with Gasteiger partial charge in [0.15, 0.2) is 0 Å².